The Hall–Kier alpha value is -2.06. The number of amides is 2. The first-order valence-corrected chi connectivity index (χ1v) is 8.96. The van der Waals surface area contributed by atoms with Crippen LogP contribution in [0.5, 0.6) is 0 Å². The van der Waals surface area contributed by atoms with Crippen molar-refractivity contribution in [3.05, 3.63) is 34.8 Å². The second kappa shape index (κ2) is 7.01. The highest BCUT2D eigenvalue weighted by atomic mass is 32.1. The normalized spacial score (nSPS) is 20.7. The van der Waals surface area contributed by atoms with Gasteiger partial charge in [0.15, 0.2) is 10.3 Å². The van der Waals surface area contributed by atoms with Gasteiger partial charge in [0, 0.05) is 23.2 Å². The molecule has 0 saturated heterocycles. The van der Waals surface area contributed by atoms with E-state index in [4.69, 9.17) is 0 Å². The van der Waals surface area contributed by atoms with Gasteiger partial charge in [-0.3, -0.25) is 9.59 Å². The summed E-state index contributed by atoms with van der Waals surface area (Å²) in [7, 11) is 0. The number of carbonyl (C=O) groups is 2. The molecule has 0 radical (unpaired) electrons. The minimum absolute atomic E-state index is 0.160. The average Bonchev–Trinajstić information content (AvgIpc) is 3.20. The predicted molar refractivity (Wildman–Crippen MR) is 91.5 cm³/mol. The third kappa shape index (κ3) is 3.83. The molecule has 2 aromatic heterocycles. The molecule has 0 fully saturated rings. The Morgan fingerprint density at radius 1 is 1.04 bits per heavy atom. The number of aromatic nitrogens is 2. The largest absolute Gasteiger partial charge is 0.302 e. The lowest BCUT2D eigenvalue weighted by atomic mass is 9.79. The molecule has 0 spiro atoms. The van der Waals surface area contributed by atoms with Crippen molar-refractivity contribution in [3.63, 3.8) is 0 Å². The van der Waals surface area contributed by atoms with Crippen LogP contribution in [0, 0.1) is 11.8 Å². The molecular formula is C15H16N4O2S2. The number of carbonyl (C=O) groups excluding carboxylic acids is 2. The number of nitrogens with one attached hydrogen (secondary N) is 2. The maximum atomic E-state index is 12.6. The number of hydrogen-bond acceptors (Lipinski definition) is 6. The standard InChI is InChI=1S/C15H16N4O2S2/c1-9-2-3-10(12(20)18-14-16-4-6-22-14)11(8-9)13(21)19-15-17-5-7-23-15/h2,4-7,10-11H,3,8H2,1H3,(H,16,18,20)(H,17,19,21)/t10-,11+/m0/s1. The Balaban J connectivity index is 1.73. The summed E-state index contributed by atoms with van der Waals surface area (Å²) in [5, 5.41) is 10.3. The van der Waals surface area contributed by atoms with Gasteiger partial charge in [-0.05, 0) is 19.8 Å². The predicted octanol–water partition coefficient (Wildman–Crippen LogP) is 3.15. The van der Waals surface area contributed by atoms with E-state index >= 15 is 0 Å². The molecule has 6 nitrogen and oxygen atoms in total. The van der Waals surface area contributed by atoms with Crippen molar-refractivity contribution in [1.29, 1.82) is 0 Å². The summed E-state index contributed by atoms with van der Waals surface area (Å²) >= 11 is 2.72. The quantitative estimate of drug-likeness (QED) is 0.831. The Kier molecular flexibility index (Phi) is 4.82. The van der Waals surface area contributed by atoms with E-state index in [1.165, 1.54) is 22.7 Å². The maximum absolute atomic E-state index is 12.6. The summed E-state index contributed by atoms with van der Waals surface area (Å²) in [4.78, 5) is 33.2. The van der Waals surface area contributed by atoms with Gasteiger partial charge in [0.25, 0.3) is 0 Å². The third-order valence-electron chi connectivity index (χ3n) is 3.75. The Morgan fingerprint density at radius 3 is 2.13 bits per heavy atom. The van der Waals surface area contributed by atoms with Crippen LogP contribution < -0.4 is 10.6 Å². The van der Waals surface area contributed by atoms with Gasteiger partial charge in [0.05, 0.1) is 11.8 Å². The zero-order valence-electron chi connectivity index (χ0n) is 12.5. The Bertz CT molecular complexity index is 710. The van der Waals surface area contributed by atoms with Gasteiger partial charge in [-0.25, -0.2) is 9.97 Å². The highest BCUT2D eigenvalue weighted by molar-refractivity contribution is 7.14. The summed E-state index contributed by atoms with van der Waals surface area (Å²) in [5.74, 6) is -1.12. The van der Waals surface area contributed by atoms with E-state index in [-0.39, 0.29) is 11.8 Å². The molecule has 2 N–H and O–H groups in total. The second-order valence-electron chi connectivity index (χ2n) is 5.36. The van der Waals surface area contributed by atoms with Crippen molar-refractivity contribution in [2.75, 3.05) is 10.6 Å². The van der Waals surface area contributed by atoms with Gasteiger partial charge in [0.1, 0.15) is 0 Å². The maximum Gasteiger partial charge on any atom is 0.230 e. The molecule has 23 heavy (non-hydrogen) atoms. The first kappa shape index (κ1) is 15.8. The molecule has 3 rings (SSSR count). The van der Waals surface area contributed by atoms with Crippen LogP contribution >= 0.6 is 22.7 Å². The highest BCUT2D eigenvalue weighted by Crippen LogP contribution is 2.32. The van der Waals surface area contributed by atoms with Crippen molar-refractivity contribution < 1.29 is 9.59 Å². The molecule has 2 atom stereocenters. The number of rotatable bonds is 4. The van der Waals surface area contributed by atoms with Crippen LogP contribution in [-0.2, 0) is 9.59 Å². The van der Waals surface area contributed by atoms with Crippen molar-refractivity contribution in [2.45, 2.75) is 19.8 Å². The van der Waals surface area contributed by atoms with Crippen LogP contribution in [-0.4, -0.2) is 21.8 Å². The Labute approximate surface area is 141 Å². The van der Waals surface area contributed by atoms with Crippen molar-refractivity contribution in [2.24, 2.45) is 11.8 Å². The molecule has 120 valence electrons. The lowest BCUT2D eigenvalue weighted by Crippen LogP contribution is -2.38. The molecule has 2 heterocycles. The minimum Gasteiger partial charge on any atom is -0.302 e. The molecule has 0 bridgehead atoms. The first-order chi connectivity index (χ1) is 11.1. The van der Waals surface area contributed by atoms with Gasteiger partial charge < -0.3 is 10.6 Å². The average molecular weight is 348 g/mol. The molecule has 0 saturated carbocycles. The van der Waals surface area contributed by atoms with Gasteiger partial charge in [-0.2, -0.15) is 0 Å². The van der Waals surface area contributed by atoms with Gasteiger partial charge >= 0.3 is 0 Å². The van der Waals surface area contributed by atoms with E-state index in [0.717, 1.165) is 5.57 Å². The molecular weight excluding hydrogens is 332 g/mol. The van der Waals surface area contributed by atoms with Gasteiger partial charge in [-0.1, -0.05) is 11.6 Å². The fourth-order valence-corrected chi connectivity index (χ4v) is 3.66. The molecule has 8 heteroatoms. The molecule has 2 amide bonds. The second-order valence-corrected chi connectivity index (χ2v) is 7.15. The molecule has 2 aromatic rings. The van der Waals surface area contributed by atoms with E-state index in [1.54, 1.807) is 23.2 Å². The van der Waals surface area contributed by atoms with Crippen molar-refractivity contribution in [3.8, 4) is 0 Å². The fourth-order valence-electron chi connectivity index (χ4n) is 2.60. The molecule has 0 aromatic carbocycles. The number of hydrogen-bond donors (Lipinski definition) is 2. The van der Waals surface area contributed by atoms with Crippen molar-refractivity contribution >= 4 is 44.8 Å². The number of anilines is 2. The summed E-state index contributed by atoms with van der Waals surface area (Å²) in [6.07, 6.45) is 6.43. The number of nitrogens with zero attached hydrogens (tertiary/aromatic N) is 2. The molecule has 1 aliphatic rings. The van der Waals surface area contributed by atoms with Crippen LogP contribution in [0.3, 0.4) is 0 Å². The molecule has 0 aliphatic heterocycles. The van der Waals surface area contributed by atoms with Crippen LogP contribution in [0.4, 0.5) is 10.3 Å². The summed E-state index contributed by atoms with van der Waals surface area (Å²) in [6.45, 7) is 1.98. The first-order valence-electron chi connectivity index (χ1n) is 7.20. The van der Waals surface area contributed by atoms with Crippen LogP contribution in [0.25, 0.3) is 0 Å². The third-order valence-corrected chi connectivity index (χ3v) is 5.12. The lowest BCUT2D eigenvalue weighted by molar-refractivity contribution is -0.129. The monoisotopic (exact) mass is 348 g/mol. The van der Waals surface area contributed by atoms with E-state index in [2.05, 4.69) is 20.6 Å². The summed E-state index contributed by atoms with van der Waals surface area (Å²) in [6, 6.07) is 0. The molecule has 1 aliphatic carbocycles. The highest BCUT2D eigenvalue weighted by Gasteiger charge is 2.36. The van der Waals surface area contributed by atoms with E-state index < -0.39 is 11.8 Å². The summed E-state index contributed by atoms with van der Waals surface area (Å²) in [5.41, 5.74) is 1.13. The Morgan fingerprint density at radius 2 is 1.61 bits per heavy atom. The van der Waals surface area contributed by atoms with E-state index in [9.17, 15) is 9.59 Å². The topological polar surface area (TPSA) is 84.0 Å². The number of thiazole rings is 2. The van der Waals surface area contributed by atoms with Crippen LogP contribution in [0.15, 0.2) is 34.8 Å². The SMILES string of the molecule is CC1=CC[C@H](C(=O)Nc2nccs2)[C@H](C(=O)Nc2nccs2)C1. The zero-order valence-corrected chi connectivity index (χ0v) is 14.1. The van der Waals surface area contributed by atoms with Gasteiger partial charge in [-0.15, -0.1) is 22.7 Å². The zero-order chi connectivity index (χ0) is 16.2. The van der Waals surface area contributed by atoms with Gasteiger partial charge in [0.2, 0.25) is 11.8 Å². The fraction of sp³-hybridized carbons (Fsp3) is 0.333. The van der Waals surface area contributed by atoms with E-state index in [1.807, 2.05) is 13.0 Å². The van der Waals surface area contributed by atoms with Crippen molar-refractivity contribution in [1.82, 2.24) is 9.97 Å². The van der Waals surface area contributed by atoms with E-state index in [0.29, 0.717) is 23.1 Å². The van der Waals surface area contributed by atoms with Crippen LogP contribution in [0.2, 0.25) is 0 Å². The number of allylic oxidation sites excluding steroid dienone is 2. The smallest absolute Gasteiger partial charge is 0.230 e. The molecule has 0 unspecified atom stereocenters. The minimum atomic E-state index is -0.400. The van der Waals surface area contributed by atoms with Crippen LogP contribution in [0.1, 0.15) is 19.8 Å². The lowest BCUT2D eigenvalue weighted by Gasteiger charge is -2.28. The summed E-state index contributed by atoms with van der Waals surface area (Å²) < 4.78 is 0.